The molecule has 3 rings (SSSR count). The SMILES string of the molecule is C=CC(=O)N1C(=O)CC12CC1CCC2C1. The number of hydrogen-bond donors (Lipinski definition) is 0. The highest BCUT2D eigenvalue weighted by atomic mass is 16.2. The Balaban J connectivity index is 1.91. The Kier molecular flexibility index (Phi) is 1.65. The molecule has 2 bridgehead atoms. The number of carbonyl (C=O) groups is 2. The number of β-lactam (4-membered cyclic amide) rings is 1. The van der Waals surface area contributed by atoms with Gasteiger partial charge in [-0.3, -0.25) is 14.5 Å². The van der Waals surface area contributed by atoms with Crippen LogP contribution in [0.15, 0.2) is 12.7 Å². The molecule has 0 N–H and O–H groups in total. The van der Waals surface area contributed by atoms with E-state index in [2.05, 4.69) is 6.58 Å². The molecule has 2 amide bonds. The lowest BCUT2D eigenvalue weighted by Crippen LogP contribution is -2.67. The highest BCUT2D eigenvalue weighted by molar-refractivity contribution is 6.06. The highest BCUT2D eigenvalue weighted by Crippen LogP contribution is 2.58. The van der Waals surface area contributed by atoms with Crippen LogP contribution in [0.1, 0.15) is 32.1 Å². The quantitative estimate of drug-likeness (QED) is 0.480. The third-order valence-corrected chi connectivity index (χ3v) is 4.49. The van der Waals surface area contributed by atoms with Gasteiger partial charge in [-0.1, -0.05) is 6.58 Å². The second kappa shape index (κ2) is 2.71. The van der Waals surface area contributed by atoms with Gasteiger partial charge in [0.25, 0.3) is 5.91 Å². The molecule has 1 spiro atoms. The van der Waals surface area contributed by atoms with Crippen LogP contribution in [-0.4, -0.2) is 22.3 Å². The van der Waals surface area contributed by atoms with Gasteiger partial charge < -0.3 is 0 Å². The van der Waals surface area contributed by atoms with Gasteiger partial charge in [0.05, 0.1) is 12.0 Å². The number of likely N-dealkylation sites (tertiary alicyclic amines) is 1. The lowest BCUT2D eigenvalue weighted by Gasteiger charge is -2.53. The number of amides is 2. The van der Waals surface area contributed by atoms with Crippen LogP contribution in [-0.2, 0) is 9.59 Å². The molecule has 1 heterocycles. The maximum atomic E-state index is 11.6. The summed E-state index contributed by atoms with van der Waals surface area (Å²) in [6.45, 7) is 3.47. The third kappa shape index (κ3) is 0.959. The molecular weight excluding hydrogens is 190 g/mol. The zero-order valence-electron chi connectivity index (χ0n) is 8.74. The number of rotatable bonds is 1. The molecule has 3 atom stereocenters. The number of carbonyl (C=O) groups excluding carboxylic acids is 2. The van der Waals surface area contributed by atoms with E-state index in [-0.39, 0.29) is 17.4 Å². The maximum Gasteiger partial charge on any atom is 0.253 e. The first kappa shape index (κ1) is 9.13. The molecule has 3 aliphatic rings. The third-order valence-electron chi connectivity index (χ3n) is 4.49. The average molecular weight is 205 g/mol. The van der Waals surface area contributed by atoms with E-state index < -0.39 is 0 Å². The number of imide groups is 1. The predicted octanol–water partition coefficient (Wildman–Crippen LogP) is 1.49. The molecule has 3 heteroatoms. The monoisotopic (exact) mass is 205 g/mol. The Morgan fingerprint density at radius 3 is 2.80 bits per heavy atom. The van der Waals surface area contributed by atoms with E-state index in [9.17, 15) is 9.59 Å². The first-order valence-electron chi connectivity index (χ1n) is 5.67. The van der Waals surface area contributed by atoms with Crippen LogP contribution in [0.3, 0.4) is 0 Å². The second-order valence-corrected chi connectivity index (χ2v) is 5.13. The van der Waals surface area contributed by atoms with Crippen LogP contribution in [0.2, 0.25) is 0 Å². The fourth-order valence-corrected chi connectivity index (χ4v) is 3.92. The molecule has 2 saturated carbocycles. The molecule has 0 aromatic rings. The topological polar surface area (TPSA) is 37.4 Å². The Hall–Kier alpha value is -1.12. The first-order chi connectivity index (χ1) is 7.17. The van der Waals surface area contributed by atoms with E-state index in [1.54, 1.807) is 0 Å². The van der Waals surface area contributed by atoms with Crippen molar-refractivity contribution in [2.75, 3.05) is 0 Å². The molecule has 3 nitrogen and oxygen atoms in total. The Morgan fingerprint density at radius 1 is 1.53 bits per heavy atom. The van der Waals surface area contributed by atoms with Gasteiger partial charge in [-0.25, -0.2) is 0 Å². The molecule has 0 aromatic heterocycles. The van der Waals surface area contributed by atoms with Gasteiger partial charge in [-0.05, 0) is 43.6 Å². The molecule has 80 valence electrons. The van der Waals surface area contributed by atoms with Crippen LogP contribution in [0.4, 0.5) is 0 Å². The average Bonchev–Trinajstić information content (AvgIpc) is 2.77. The molecule has 2 aliphatic carbocycles. The molecule has 3 fully saturated rings. The minimum Gasteiger partial charge on any atom is -0.274 e. The molecule has 1 aliphatic heterocycles. The summed E-state index contributed by atoms with van der Waals surface area (Å²) in [5.41, 5.74) is -0.0920. The number of nitrogens with zero attached hydrogens (tertiary/aromatic N) is 1. The smallest absolute Gasteiger partial charge is 0.253 e. The fourth-order valence-electron chi connectivity index (χ4n) is 3.92. The molecular formula is C12H15NO2. The summed E-state index contributed by atoms with van der Waals surface area (Å²) in [4.78, 5) is 24.6. The van der Waals surface area contributed by atoms with Crippen molar-refractivity contribution < 1.29 is 9.59 Å². The van der Waals surface area contributed by atoms with Gasteiger partial charge in [0.2, 0.25) is 5.91 Å². The molecule has 3 unspecified atom stereocenters. The van der Waals surface area contributed by atoms with Crippen molar-refractivity contribution in [1.29, 1.82) is 0 Å². The fraction of sp³-hybridized carbons (Fsp3) is 0.667. The summed E-state index contributed by atoms with van der Waals surface area (Å²) in [6.07, 6.45) is 6.60. The van der Waals surface area contributed by atoms with Crippen molar-refractivity contribution in [2.45, 2.75) is 37.6 Å². The summed E-state index contributed by atoms with van der Waals surface area (Å²) in [6, 6.07) is 0. The summed E-state index contributed by atoms with van der Waals surface area (Å²) in [5, 5.41) is 0. The highest BCUT2D eigenvalue weighted by Gasteiger charge is 2.63. The second-order valence-electron chi connectivity index (χ2n) is 5.13. The summed E-state index contributed by atoms with van der Waals surface area (Å²) in [5.74, 6) is 1.12. The standard InChI is InChI=1S/C12H15NO2/c1-2-10(14)13-11(15)7-12(13)6-8-3-4-9(12)5-8/h2,8-9H,1,3-7H2. The largest absolute Gasteiger partial charge is 0.274 e. The minimum absolute atomic E-state index is 0.00699. The van der Waals surface area contributed by atoms with Gasteiger partial charge in [0.1, 0.15) is 0 Å². The van der Waals surface area contributed by atoms with Crippen LogP contribution in [0, 0.1) is 11.8 Å². The van der Waals surface area contributed by atoms with Gasteiger partial charge in [-0.15, -0.1) is 0 Å². The summed E-state index contributed by atoms with van der Waals surface area (Å²) in [7, 11) is 0. The van der Waals surface area contributed by atoms with Crippen LogP contribution < -0.4 is 0 Å². The van der Waals surface area contributed by atoms with Crippen molar-refractivity contribution in [3.05, 3.63) is 12.7 Å². The Bertz CT molecular complexity index is 363. The van der Waals surface area contributed by atoms with Crippen molar-refractivity contribution in [3.63, 3.8) is 0 Å². The lowest BCUT2D eigenvalue weighted by atomic mass is 9.71. The Morgan fingerprint density at radius 2 is 2.33 bits per heavy atom. The van der Waals surface area contributed by atoms with Crippen molar-refractivity contribution in [1.82, 2.24) is 4.90 Å². The van der Waals surface area contributed by atoms with Crippen LogP contribution in [0.25, 0.3) is 0 Å². The van der Waals surface area contributed by atoms with Crippen molar-refractivity contribution >= 4 is 11.8 Å². The van der Waals surface area contributed by atoms with Gasteiger partial charge in [-0.2, -0.15) is 0 Å². The zero-order valence-corrected chi connectivity index (χ0v) is 8.74. The first-order valence-corrected chi connectivity index (χ1v) is 5.67. The molecule has 0 radical (unpaired) electrons. The lowest BCUT2D eigenvalue weighted by molar-refractivity contribution is -0.170. The van der Waals surface area contributed by atoms with E-state index in [0.717, 1.165) is 12.3 Å². The minimum atomic E-state index is -0.196. The predicted molar refractivity (Wildman–Crippen MR) is 54.8 cm³/mol. The zero-order chi connectivity index (χ0) is 10.6. The van der Waals surface area contributed by atoms with Crippen molar-refractivity contribution in [2.24, 2.45) is 11.8 Å². The van der Waals surface area contributed by atoms with E-state index in [4.69, 9.17) is 0 Å². The van der Waals surface area contributed by atoms with Crippen molar-refractivity contribution in [3.8, 4) is 0 Å². The van der Waals surface area contributed by atoms with Crippen LogP contribution >= 0.6 is 0 Å². The normalized spacial score (nSPS) is 42.1. The van der Waals surface area contributed by atoms with E-state index >= 15 is 0 Å². The summed E-state index contributed by atoms with van der Waals surface area (Å²) < 4.78 is 0. The number of fused-ring (bicyclic) bond motifs is 3. The van der Waals surface area contributed by atoms with Gasteiger partial charge in [0, 0.05) is 0 Å². The van der Waals surface area contributed by atoms with E-state index in [1.165, 1.54) is 30.2 Å². The Labute approximate surface area is 89.1 Å². The molecule has 15 heavy (non-hydrogen) atoms. The summed E-state index contributed by atoms with van der Waals surface area (Å²) >= 11 is 0. The van der Waals surface area contributed by atoms with Crippen LogP contribution in [0.5, 0.6) is 0 Å². The molecule has 1 saturated heterocycles. The van der Waals surface area contributed by atoms with E-state index in [1.807, 2.05) is 0 Å². The maximum absolute atomic E-state index is 11.6. The van der Waals surface area contributed by atoms with Gasteiger partial charge in [0.15, 0.2) is 0 Å². The number of hydrogen-bond acceptors (Lipinski definition) is 2. The molecule has 0 aromatic carbocycles. The van der Waals surface area contributed by atoms with E-state index in [0.29, 0.717) is 12.3 Å². The van der Waals surface area contributed by atoms with Gasteiger partial charge >= 0.3 is 0 Å².